The number of hydrogen-bond acceptors (Lipinski definition) is 5. The lowest BCUT2D eigenvalue weighted by Crippen LogP contribution is -2.33. The lowest BCUT2D eigenvalue weighted by Gasteiger charge is -2.12. The Morgan fingerprint density at radius 1 is 1.18 bits per heavy atom. The molecule has 1 aromatic carbocycles. The quantitative estimate of drug-likeness (QED) is 0.597. The lowest BCUT2D eigenvalue weighted by molar-refractivity contribution is -0.137. The van der Waals surface area contributed by atoms with Crippen LogP contribution in [0, 0.1) is 6.92 Å². The van der Waals surface area contributed by atoms with Gasteiger partial charge in [0.05, 0.1) is 6.42 Å². The SMILES string of the molecule is Cc1ccc(CNC(=O)c2cc3ccc(N)nc3n(CCC(=O)O)c2=O)cc1. The van der Waals surface area contributed by atoms with Crippen LogP contribution in [0.4, 0.5) is 5.82 Å². The zero-order valence-corrected chi connectivity index (χ0v) is 15.3. The monoisotopic (exact) mass is 380 g/mol. The van der Waals surface area contributed by atoms with Crippen molar-refractivity contribution in [2.75, 3.05) is 5.73 Å². The molecule has 0 fully saturated rings. The van der Waals surface area contributed by atoms with E-state index in [-0.39, 0.29) is 36.5 Å². The van der Waals surface area contributed by atoms with Crippen molar-refractivity contribution >= 4 is 28.7 Å². The van der Waals surface area contributed by atoms with Crippen LogP contribution >= 0.6 is 0 Å². The minimum atomic E-state index is -1.06. The van der Waals surface area contributed by atoms with Crippen LogP contribution in [0.15, 0.2) is 47.3 Å². The van der Waals surface area contributed by atoms with E-state index in [9.17, 15) is 14.4 Å². The van der Waals surface area contributed by atoms with E-state index in [1.165, 1.54) is 10.6 Å². The molecular weight excluding hydrogens is 360 g/mol. The maximum atomic E-state index is 12.8. The van der Waals surface area contributed by atoms with Gasteiger partial charge < -0.3 is 16.2 Å². The molecule has 0 atom stereocenters. The average Bonchev–Trinajstić information content (AvgIpc) is 2.66. The molecule has 0 saturated carbocycles. The number of nitrogens with one attached hydrogen (secondary N) is 1. The fourth-order valence-electron chi connectivity index (χ4n) is 2.82. The second-order valence-corrected chi connectivity index (χ2v) is 6.48. The number of amides is 1. The van der Waals surface area contributed by atoms with E-state index in [0.717, 1.165) is 11.1 Å². The summed E-state index contributed by atoms with van der Waals surface area (Å²) in [6.07, 6.45) is -0.278. The minimum Gasteiger partial charge on any atom is -0.481 e. The molecule has 0 spiro atoms. The molecule has 0 radical (unpaired) electrons. The van der Waals surface area contributed by atoms with Crippen molar-refractivity contribution in [3.8, 4) is 0 Å². The Bertz CT molecular complexity index is 1100. The predicted octanol–water partition coefficient (Wildman–Crippen LogP) is 1.69. The number of carbonyl (C=O) groups is 2. The van der Waals surface area contributed by atoms with E-state index in [4.69, 9.17) is 10.8 Å². The van der Waals surface area contributed by atoms with Crippen molar-refractivity contribution in [2.24, 2.45) is 0 Å². The van der Waals surface area contributed by atoms with Gasteiger partial charge in [-0.1, -0.05) is 29.8 Å². The number of benzene rings is 1. The summed E-state index contributed by atoms with van der Waals surface area (Å²) in [5.74, 6) is -1.39. The third kappa shape index (κ3) is 4.17. The molecule has 8 heteroatoms. The van der Waals surface area contributed by atoms with Gasteiger partial charge in [-0.2, -0.15) is 0 Å². The van der Waals surface area contributed by atoms with Gasteiger partial charge >= 0.3 is 5.97 Å². The maximum Gasteiger partial charge on any atom is 0.305 e. The highest BCUT2D eigenvalue weighted by atomic mass is 16.4. The molecule has 0 aliphatic carbocycles. The highest BCUT2D eigenvalue weighted by Gasteiger charge is 2.17. The summed E-state index contributed by atoms with van der Waals surface area (Å²) in [6, 6.07) is 12.3. The Morgan fingerprint density at radius 3 is 2.57 bits per heavy atom. The van der Waals surface area contributed by atoms with E-state index in [1.807, 2.05) is 31.2 Å². The summed E-state index contributed by atoms with van der Waals surface area (Å²) in [5, 5.41) is 12.2. The Kier molecular flexibility index (Phi) is 5.39. The molecule has 3 aromatic rings. The lowest BCUT2D eigenvalue weighted by atomic mass is 10.1. The first-order valence-electron chi connectivity index (χ1n) is 8.71. The van der Waals surface area contributed by atoms with Crippen LogP contribution in [0.1, 0.15) is 27.9 Å². The number of aryl methyl sites for hydroxylation is 2. The molecule has 0 saturated heterocycles. The minimum absolute atomic E-state index is 0.0726. The fourth-order valence-corrected chi connectivity index (χ4v) is 2.82. The molecular formula is C20H20N4O4. The van der Waals surface area contributed by atoms with Gasteiger partial charge in [0.1, 0.15) is 17.0 Å². The van der Waals surface area contributed by atoms with Crippen LogP contribution in [-0.4, -0.2) is 26.5 Å². The van der Waals surface area contributed by atoms with Gasteiger partial charge in [0.2, 0.25) is 0 Å². The molecule has 3 rings (SSSR count). The Morgan fingerprint density at radius 2 is 1.89 bits per heavy atom. The van der Waals surface area contributed by atoms with Crippen LogP contribution in [0.5, 0.6) is 0 Å². The molecule has 2 aromatic heterocycles. The number of nitrogens with zero attached hydrogens (tertiary/aromatic N) is 2. The topological polar surface area (TPSA) is 127 Å². The van der Waals surface area contributed by atoms with Gasteiger partial charge in [-0.3, -0.25) is 19.0 Å². The number of nitrogens with two attached hydrogens (primary N) is 1. The Balaban J connectivity index is 1.95. The third-order valence-corrected chi connectivity index (χ3v) is 4.33. The normalized spacial score (nSPS) is 10.8. The van der Waals surface area contributed by atoms with E-state index < -0.39 is 17.4 Å². The van der Waals surface area contributed by atoms with Gasteiger partial charge in [0.25, 0.3) is 11.5 Å². The van der Waals surface area contributed by atoms with Crippen molar-refractivity contribution in [2.45, 2.75) is 26.4 Å². The molecule has 0 aliphatic rings. The summed E-state index contributed by atoms with van der Waals surface area (Å²) in [5.41, 5.74) is 7.28. The number of nitrogen functional groups attached to an aromatic ring is 1. The van der Waals surface area contributed by atoms with Crippen molar-refractivity contribution in [1.82, 2.24) is 14.9 Å². The van der Waals surface area contributed by atoms with Gasteiger partial charge in [-0.25, -0.2) is 4.98 Å². The first kappa shape index (κ1) is 19.1. The predicted molar refractivity (Wildman–Crippen MR) is 105 cm³/mol. The summed E-state index contributed by atoms with van der Waals surface area (Å²) in [7, 11) is 0. The summed E-state index contributed by atoms with van der Waals surface area (Å²) in [4.78, 5) is 40.5. The molecule has 2 heterocycles. The smallest absolute Gasteiger partial charge is 0.305 e. The van der Waals surface area contributed by atoms with Crippen LogP contribution < -0.4 is 16.6 Å². The number of carboxylic acid groups (broad SMARTS) is 1. The standard InChI is InChI=1S/C20H20N4O4/c1-12-2-4-13(5-3-12)11-22-19(27)15-10-14-6-7-16(21)23-18(14)24(20(15)28)9-8-17(25)26/h2-7,10H,8-9,11H2,1H3,(H2,21,23)(H,22,27)(H,25,26). The largest absolute Gasteiger partial charge is 0.481 e. The number of fused-ring (bicyclic) bond motifs is 1. The van der Waals surface area contributed by atoms with Crippen molar-refractivity contribution in [3.05, 3.63) is 69.5 Å². The highest BCUT2D eigenvalue weighted by Crippen LogP contribution is 2.14. The second-order valence-electron chi connectivity index (χ2n) is 6.48. The highest BCUT2D eigenvalue weighted by molar-refractivity contribution is 5.97. The van der Waals surface area contributed by atoms with Crippen LogP contribution in [0.3, 0.4) is 0 Å². The van der Waals surface area contributed by atoms with Crippen LogP contribution in [0.2, 0.25) is 0 Å². The van der Waals surface area contributed by atoms with Crippen LogP contribution in [-0.2, 0) is 17.9 Å². The summed E-state index contributed by atoms with van der Waals surface area (Å²) in [6.45, 7) is 2.13. The van der Waals surface area contributed by atoms with Gasteiger partial charge in [0, 0.05) is 18.5 Å². The third-order valence-electron chi connectivity index (χ3n) is 4.33. The summed E-state index contributed by atoms with van der Waals surface area (Å²) >= 11 is 0. The van der Waals surface area contributed by atoms with Gasteiger partial charge in [0.15, 0.2) is 0 Å². The van der Waals surface area contributed by atoms with Crippen molar-refractivity contribution in [3.63, 3.8) is 0 Å². The first-order chi connectivity index (χ1) is 13.3. The average molecular weight is 380 g/mol. The fraction of sp³-hybridized carbons (Fsp3) is 0.200. The van der Waals surface area contributed by atoms with Crippen molar-refractivity contribution < 1.29 is 14.7 Å². The zero-order valence-electron chi connectivity index (χ0n) is 15.3. The Labute approximate surface area is 160 Å². The molecule has 144 valence electrons. The number of carboxylic acids is 1. The number of aromatic nitrogens is 2. The first-order valence-corrected chi connectivity index (χ1v) is 8.71. The molecule has 0 aliphatic heterocycles. The molecule has 8 nitrogen and oxygen atoms in total. The Hall–Kier alpha value is -3.68. The number of pyridine rings is 2. The van der Waals surface area contributed by atoms with E-state index >= 15 is 0 Å². The molecule has 0 unspecified atom stereocenters. The second kappa shape index (κ2) is 7.91. The number of anilines is 1. The number of rotatable bonds is 6. The summed E-state index contributed by atoms with van der Waals surface area (Å²) < 4.78 is 1.18. The van der Waals surface area contributed by atoms with E-state index in [1.54, 1.807) is 12.1 Å². The van der Waals surface area contributed by atoms with E-state index in [2.05, 4.69) is 10.3 Å². The number of hydrogen-bond donors (Lipinski definition) is 3. The van der Waals surface area contributed by atoms with Gasteiger partial charge in [-0.15, -0.1) is 0 Å². The van der Waals surface area contributed by atoms with Crippen molar-refractivity contribution in [1.29, 1.82) is 0 Å². The van der Waals surface area contributed by atoms with E-state index in [0.29, 0.717) is 5.39 Å². The maximum absolute atomic E-state index is 12.8. The molecule has 0 bridgehead atoms. The zero-order chi connectivity index (χ0) is 20.3. The van der Waals surface area contributed by atoms with Crippen LogP contribution in [0.25, 0.3) is 11.0 Å². The molecule has 1 amide bonds. The molecule has 28 heavy (non-hydrogen) atoms. The number of carbonyl (C=O) groups excluding carboxylic acids is 1. The van der Waals surface area contributed by atoms with Gasteiger partial charge in [-0.05, 0) is 30.7 Å². The molecule has 4 N–H and O–H groups in total. The number of aliphatic carboxylic acids is 1.